The average Bonchev–Trinajstić information content (AvgIpc) is 2.81. The van der Waals surface area contributed by atoms with Gasteiger partial charge in [0.2, 0.25) is 0 Å². The second-order valence-electron chi connectivity index (χ2n) is 4.10. The zero-order valence-corrected chi connectivity index (χ0v) is 10.8. The Balaban J connectivity index is 1.86. The van der Waals surface area contributed by atoms with Gasteiger partial charge in [-0.25, -0.2) is 0 Å². The van der Waals surface area contributed by atoms with E-state index in [9.17, 15) is 0 Å². The van der Waals surface area contributed by atoms with Crippen molar-refractivity contribution < 1.29 is 4.74 Å². The van der Waals surface area contributed by atoms with Crippen LogP contribution in [0, 0.1) is 0 Å². The van der Waals surface area contributed by atoms with Gasteiger partial charge in [0.15, 0.2) is 0 Å². The van der Waals surface area contributed by atoms with Gasteiger partial charge in [-0.3, -0.25) is 4.68 Å². The van der Waals surface area contributed by atoms with Crippen molar-refractivity contribution in [3.63, 3.8) is 0 Å². The van der Waals surface area contributed by atoms with Crippen LogP contribution in [0.15, 0.2) is 30.5 Å². The van der Waals surface area contributed by atoms with Crippen molar-refractivity contribution in [2.75, 3.05) is 6.54 Å². The molecule has 5 heteroatoms. The molecule has 96 valence electrons. The predicted octanol–water partition coefficient (Wildman–Crippen LogP) is 1.50. The van der Waals surface area contributed by atoms with Crippen LogP contribution in [-0.2, 0) is 20.2 Å². The molecule has 0 bridgehead atoms. The molecule has 0 atom stereocenters. The zero-order chi connectivity index (χ0) is 12.8. The molecule has 0 aliphatic carbocycles. The lowest BCUT2D eigenvalue weighted by atomic mass is 10.2. The molecule has 18 heavy (non-hydrogen) atoms. The molecule has 2 rings (SSSR count). The topological polar surface area (TPSA) is 52.0 Å². The smallest absolute Gasteiger partial charge is 0.134 e. The molecule has 1 aromatic carbocycles. The van der Waals surface area contributed by atoms with E-state index < -0.39 is 0 Å². The van der Waals surface area contributed by atoms with Gasteiger partial charge in [-0.1, -0.05) is 24.3 Å². The van der Waals surface area contributed by atoms with Gasteiger partial charge in [0.05, 0.1) is 6.20 Å². The first-order chi connectivity index (χ1) is 8.78. The first-order valence-electron chi connectivity index (χ1n) is 6.05. The summed E-state index contributed by atoms with van der Waals surface area (Å²) in [7, 11) is 1.84. The van der Waals surface area contributed by atoms with Crippen molar-refractivity contribution in [3.05, 3.63) is 41.7 Å². The van der Waals surface area contributed by atoms with Crippen molar-refractivity contribution in [2.45, 2.75) is 20.1 Å². The normalized spacial score (nSPS) is 10.6. The molecular weight excluding hydrogens is 228 g/mol. The fourth-order valence-corrected chi connectivity index (χ4v) is 1.59. The van der Waals surface area contributed by atoms with Crippen LogP contribution >= 0.6 is 0 Å². The molecule has 1 aromatic heterocycles. The summed E-state index contributed by atoms with van der Waals surface area (Å²) < 4.78 is 7.29. The summed E-state index contributed by atoms with van der Waals surface area (Å²) in [5.74, 6) is 0.848. The van der Waals surface area contributed by atoms with Gasteiger partial charge in [-0.15, -0.1) is 5.10 Å². The summed E-state index contributed by atoms with van der Waals surface area (Å²) in [6, 6.07) is 8.08. The van der Waals surface area contributed by atoms with Crippen LogP contribution in [0.5, 0.6) is 5.75 Å². The van der Waals surface area contributed by atoms with Crippen molar-refractivity contribution in [2.24, 2.45) is 7.05 Å². The van der Waals surface area contributed by atoms with Gasteiger partial charge >= 0.3 is 0 Å². The minimum Gasteiger partial charge on any atom is -0.487 e. The number of nitrogens with zero attached hydrogens (tertiary/aromatic N) is 3. The first-order valence-corrected chi connectivity index (χ1v) is 6.05. The van der Waals surface area contributed by atoms with E-state index in [1.54, 1.807) is 4.68 Å². The molecule has 0 saturated heterocycles. The van der Waals surface area contributed by atoms with Crippen LogP contribution < -0.4 is 10.1 Å². The van der Waals surface area contributed by atoms with Crippen molar-refractivity contribution in [1.82, 2.24) is 20.3 Å². The Bertz CT molecular complexity index is 478. The summed E-state index contributed by atoms with van der Waals surface area (Å²) in [5, 5.41) is 11.1. The van der Waals surface area contributed by atoms with Crippen LogP contribution in [-0.4, -0.2) is 21.5 Å². The third kappa shape index (κ3) is 3.56. The highest BCUT2D eigenvalue weighted by atomic mass is 16.5. The Hall–Kier alpha value is -1.88. The number of aromatic nitrogens is 3. The number of ether oxygens (including phenoxy) is 1. The van der Waals surface area contributed by atoms with E-state index in [1.165, 1.54) is 5.56 Å². The van der Waals surface area contributed by atoms with E-state index in [1.807, 2.05) is 25.4 Å². The van der Waals surface area contributed by atoms with Crippen molar-refractivity contribution in [3.8, 4) is 5.75 Å². The lowest BCUT2D eigenvalue weighted by molar-refractivity contribution is 0.301. The number of hydrogen-bond acceptors (Lipinski definition) is 4. The van der Waals surface area contributed by atoms with E-state index in [4.69, 9.17) is 4.74 Å². The number of hydrogen-bond donors (Lipinski definition) is 1. The molecule has 0 unspecified atom stereocenters. The molecule has 0 aliphatic rings. The van der Waals surface area contributed by atoms with Crippen LogP contribution in [0.25, 0.3) is 0 Å². The number of rotatable bonds is 6. The monoisotopic (exact) mass is 246 g/mol. The lowest BCUT2D eigenvalue weighted by Crippen LogP contribution is -2.11. The van der Waals surface area contributed by atoms with E-state index >= 15 is 0 Å². The largest absolute Gasteiger partial charge is 0.487 e. The zero-order valence-electron chi connectivity index (χ0n) is 10.8. The summed E-state index contributed by atoms with van der Waals surface area (Å²) in [6.45, 7) is 4.41. The van der Waals surface area contributed by atoms with Crippen molar-refractivity contribution >= 4 is 0 Å². The third-order valence-corrected chi connectivity index (χ3v) is 2.54. The quantitative estimate of drug-likeness (QED) is 0.839. The van der Waals surface area contributed by atoms with E-state index in [-0.39, 0.29) is 0 Å². The minimum atomic E-state index is 0.445. The highest BCUT2D eigenvalue weighted by Crippen LogP contribution is 2.13. The Morgan fingerprint density at radius 2 is 2.06 bits per heavy atom. The maximum absolute atomic E-state index is 5.63. The SMILES string of the molecule is CCNCc1ccc(OCc2cn(C)nn2)cc1. The third-order valence-electron chi connectivity index (χ3n) is 2.54. The second kappa shape index (κ2) is 6.16. The number of benzene rings is 1. The average molecular weight is 246 g/mol. The maximum Gasteiger partial charge on any atom is 0.134 e. The molecule has 2 aromatic rings. The van der Waals surface area contributed by atoms with Crippen molar-refractivity contribution in [1.29, 1.82) is 0 Å². The molecule has 5 nitrogen and oxygen atoms in total. The number of aryl methyl sites for hydroxylation is 1. The number of nitrogens with one attached hydrogen (secondary N) is 1. The standard InChI is InChI=1S/C13H18N4O/c1-3-14-8-11-4-6-13(7-5-11)18-10-12-9-17(2)16-15-12/h4-7,9,14H,3,8,10H2,1-2H3. The van der Waals surface area contributed by atoms with Gasteiger partial charge in [0, 0.05) is 13.6 Å². The van der Waals surface area contributed by atoms with Crippen LogP contribution in [0.2, 0.25) is 0 Å². The fourth-order valence-electron chi connectivity index (χ4n) is 1.59. The molecule has 0 radical (unpaired) electrons. The molecule has 0 aliphatic heterocycles. The van der Waals surface area contributed by atoms with Crippen LogP contribution in [0.3, 0.4) is 0 Å². The molecule has 0 saturated carbocycles. The fraction of sp³-hybridized carbons (Fsp3) is 0.385. The molecular formula is C13H18N4O. The molecule has 0 fully saturated rings. The Morgan fingerprint density at radius 1 is 1.28 bits per heavy atom. The summed E-state index contributed by atoms with van der Waals surface area (Å²) >= 11 is 0. The Kier molecular flexibility index (Phi) is 4.30. The van der Waals surface area contributed by atoms with E-state index in [0.29, 0.717) is 6.61 Å². The van der Waals surface area contributed by atoms with Crippen LogP contribution in [0.1, 0.15) is 18.2 Å². The lowest BCUT2D eigenvalue weighted by Gasteiger charge is -2.06. The summed E-state index contributed by atoms with van der Waals surface area (Å²) in [4.78, 5) is 0. The Morgan fingerprint density at radius 3 is 2.67 bits per heavy atom. The van der Waals surface area contributed by atoms with Gasteiger partial charge in [0.1, 0.15) is 18.1 Å². The highest BCUT2D eigenvalue weighted by molar-refractivity contribution is 5.27. The van der Waals surface area contributed by atoms with Gasteiger partial charge in [-0.2, -0.15) is 0 Å². The van der Waals surface area contributed by atoms with Crippen LogP contribution in [0.4, 0.5) is 0 Å². The summed E-state index contributed by atoms with van der Waals surface area (Å²) in [6.07, 6.45) is 1.85. The van der Waals surface area contributed by atoms with E-state index in [2.05, 4.69) is 34.7 Å². The summed E-state index contributed by atoms with van der Waals surface area (Å²) in [5.41, 5.74) is 2.08. The van der Waals surface area contributed by atoms with Gasteiger partial charge in [0.25, 0.3) is 0 Å². The Labute approximate surface area is 107 Å². The van der Waals surface area contributed by atoms with Gasteiger partial charge < -0.3 is 10.1 Å². The molecule has 0 amide bonds. The minimum absolute atomic E-state index is 0.445. The van der Waals surface area contributed by atoms with Gasteiger partial charge in [-0.05, 0) is 24.2 Å². The molecule has 1 heterocycles. The first kappa shape index (κ1) is 12.6. The highest BCUT2D eigenvalue weighted by Gasteiger charge is 2.00. The molecule has 1 N–H and O–H groups in total. The van der Waals surface area contributed by atoms with E-state index in [0.717, 1.165) is 24.5 Å². The molecule has 0 spiro atoms. The maximum atomic E-state index is 5.63. The second-order valence-corrected chi connectivity index (χ2v) is 4.10. The predicted molar refractivity (Wildman–Crippen MR) is 69.2 cm³/mol.